The number of halogens is 1. The minimum atomic E-state index is -3.04. The first-order chi connectivity index (χ1) is 7.53. The van der Waals surface area contributed by atoms with E-state index in [1.165, 1.54) is 0 Å². The van der Waals surface area contributed by atoms with Crippen LogP contribution in [0.15, 0.2) is 0 Å². The fraction of sp³-hybridized carbons (Fsp3) is 1.00. The molecule has 0 atom stereocenters. The number of unbranched alkanes of at least 4 members (excludes halogenated alkanes) is 1. The molecule has 0 radical (unpaired) electrons. The van der Waals surface area contributed by atoms with Gasteiger partial charge >= 0.3 is 0 Å². The van der Waals surface area contributed by atoms with E-state index in [1.807, 2.05) is 6.92 Å². The molecule has 5 heteroatoms. The zero-order valence-electron chi connectivity index (χ0n) is 9.91. The molecule has 1 saturated carbocycles. The molecule has 0 aromatic carbocycles. The molecule has 0 saturated heterocycles. The van der Waals surface area contributed by atoms with Gasteiger partial charge in [0.25, 0.3) is 0 Å². The summed E-state index contributed by atoms with van der Waals surface area (Å²) < 4.78 is 25.8. The highest BCUT2D eigenvalue weighted by Gasteiger charge is 2.20. The first-order valence-electron chi connectivity index (χ1n) is 6.15. The average Bonchev–Trinajstić information content (AvgIpc) is 2.26. The Balaban J connectivity index is 2.23. The monoisotopic (exact) mass is 267 g/mol. The molecule has 1 N–H and O–H groups in total. The average molecular weight is 268 g/mol. The molecule has 16 heavy (non-hydrogen) atoms. The summed E-state index contributed by atoms with van der Waals surface area (Å²) in [6.07, 6.45) is 5.78. The third-order valence-electron chi connectivity index (χ3n) is 3.13. The molecule has 0 unspecified atom stereocenters. The number of sulfonamides is 1. The molecule has 0 heterocycles. The van der Waals surface area contributed by atoms with Gasteiger partial charge in [0.15, 0.2) is 0 Å². The van der Waals surface area contributed by atoms with Crippen LogP contribution in [0.2, 0.25) is 0 Å². The molecule has 3 nitrogen and oxygen atoms in total. The molecule has 96 valence electrons. The summed E-state index contributed by atoms with van der Waals surface area (Å²) in [7, 11) is -3.04. The maximum atomic E-state index is 11.6. The molecule has 0 aliphatic heterocycles. The van der Waals surface area contributed by atoms with Gasteiger partial charge in [0.2, 0.25) is 10.0 Å². The highest BCUT2D eigenvalue weighted by molar-refractivity contribution is 7.89. The number of rotatable bonds is 6. The van der Waals surface area contributed by atoms with Crippen molar-refractivity contribution in [3.63, 3.8) is 0 Å². The topological polar surface area (TPSA) is 46.2 Å². The second kappa shape index (κ2) is 6.82. The third kappa shape index (κ3) is 5.51. The van der Waals surface area contributed by atoms with Crippen LogP contribution in [0, 0.1) is 5.92 Å². The van der Waals surface area contributed by atoms with Crippen LogP contribution in [0.5, 0.6) is 0 Å². The number of hydrogen-bond donors (Lipinski definition) is 1. The predicted octanol–water partition coefficient (Wildman–Crippen LogP) is 2.50. The largest absolute Gasteiger partial charge is 0.215 e. The van der Waals surface area contributed by atoms with E-state index in [0.29, 0.717) is 17.8 Å². The van der Waals surface area contributed by atoms with E-state index in [-0.39, 0.29) is 5.75 Å². The zero-order chi connectivity index (χ0) is 12.0. The van der Waals surface area contributed by atoms with E-state index in [2.05, 4.69) is 4.72 Å². The Morgan fingerprint density at radius 2 is 1.88 bits per heavy atom. The maximum Gasteiger partial charge on any atom is 0.211 e. The van der Waals surface area contributed by atoms with Gasteiger partial charge in [-0.05, 0) is 38.0 Å². The lowest BCUT2D eigenvalue weighted by atomic mass is 9.89. The number of alkyl halides is 1. The Morgan fingerprint density at radius 3 is 2.44 bits per heavy atom. The van der Waals surface area contributed by atoms with Crippen molar-refractivity contribution >= 4 is 21.6 Å². The van der Waals surface area contributed by atoms with Gasteiger partial charge in [0.05, 0.1) is 5.75 Å². The van der Waals surface area contributed by atoms with Crippen molar-refractivity contribution in [1.82, 2.24) is 4.72 Å². The molecule has 1 fully saturated rings. The summed E-state index contributed by atoms with van der Waals surface area (Å²) in [5.41, 5.74) is 0. The van der Waals surface area contributed by atoms with Crippen molar-refractivity contribution in [2.45, 2.75) is 50.8 Å². The molecule has 1 rings (SSSR count). The van der Waals surface area contributed by atoms with E-state index >= 15 is 0 Å². The van der Waals surface area contributed by atoms with Gasteiger partial charge < -0.3 is 0 Å². The van der Waals surface area contributed by atoms with Gasteiger partial charge in [-0.3, -0.25) is 0 Å². The molecule has 0 spiro atoms. The van der Waals surface area contributed by atoms with Crippen molar-refractivity contribution in [1.29, 1.82) is 0 Å². The summed E-state index contributed by atoms with van der Waals surface area (Å²) in [5.74, 6) is 0.736. The molecule has 0 amide bonds. The standard InChI is InChI=1S/C11H22ClNO2S/c1-2-3-8-16(14,15)13-9-10-4-6-11(12)7-5-10/h10-11,13H,2-9H2,1H3. The van der Waals surface area contributed by atoms with Gasteiger partial charge in [0.1, 0.15) is 0 Å². The van der Waals surface area contributed by atoms with E-state index in [1.54, 1.807) is 0 Å². The van der Waals surface area contributed by atoms with Gasteiger partial charge in [-0.1, -0.05) is 13.3 Å². The Kier molecular flexibility index (Phi) is 6.08. The smallest absolute Gasteiger partial charge is 0.211 e. The summed E-state index contributed by atoms with van der Waals surface area (Å²) >= 11 is 6.00. The maximum absolute atomic E-state index is 11.6. The summed E-state index contributed by atoms with van der Waals surface area (Å²) in [5, 5.41) is 0.299. The third-order valence-corrected chi connectivity index (χ3v) is 5.00. The lowest BCUT2D eigenvalue weighted by Crippen LogP contribution is -2.33. The Labute approximate surface area is 104 Å². The van der Waals surface area contributed by atoms with Crippen molar-refractivity contribution < 1.29 is 8.42 Å². The van der Waals surface area contributed by atoms with Crippen LogP contribution in [-0.4, -0.2) is 26.1 Å². The van der Waals surface area contributed by atoms with Crippen molar-refractivity contribution in [2.24, 2.45) is 5.92 Å². The fourth-order valence-corrected chi connectivity index (χ4v) is 3.53. The van der Waals surface area contributed by atoms with Crippen LogP contribution < -0.4 is 4.72 Å². The van der Waals surface area contributed by atoms with Gasteiger partial charge in [-0.2, -0.15) is 0 Å². The molecule has 1 aliphatic rings. The van der Waals surface area contributed by atoms with E-state index < -0.39 is 10.0 Å². The van der Waals surface area contributed by atoms with Crippen LogP contribution in [0.25, 0.3) is 0 Å². The quantitative estimate of drug-likeness (QED) is 0.752. The minimum Gasteiger partial charge on any atom is -0.215 e. The molecule has 0 bridgehead atoms. The second-order valence-electron chi connectivity index (χ2n) is 4.64. The van der Waals surface area contributed by atoms with Crippen LogP contribution in [0.1, 0.15) is 45.4 Å². The number of hydrogen-bond acceptors (Lipinski definition) is 2. The van der Waals surface area contributed by atoms with Gasteiger partial charge in [-0.15, -0.1) is 11.6 Å². The molecular weight excluding hydrogens is 246 g/mol. The Bertz CT molecular complexity index is 284. The summed E-state index contributed by atoms with van der Waals surface area (Å²) in [4.78, 5) is 0. The van der Waals surface area contributed by atoms with E-state index in [0.717, 1.165) is 38.5 Å². The van der Waals surface area contributed by atoms with Gasteiger partial charge in [-0.25, -0.2) is 13.1 Å². The summed E-state index contributed by atoms with van der Waals surface area (Å²) in [6.45, 7) is 2.59. The Morgan fingerprint density at radius 1 is 1.25 bits per heavy atom. The van der Waals surface area contributed by atoms with Gasteiger partial charge in [0, 0.05) is 11.9 Å². The first-order valence-corrected chi connectivity index (χ1v) is 8.23. The lowest BCUT2D eigenvalue weighted by molar-refractivity contribution is 0.361. The SMILES string of the molecule is CCCCS(=O)(=O)NCC1CCC(Cl)CC1. The number of nitrogens with one attached hydrogen (secondary N) is 1. The summed E-state index contributed by atoms with van der Waals surface area (Å²) in [6, 6.07) is 0. The first kappa shape index (κ1) is 14.3. The predicted molar refractivity (Wildman–Crippen MR) is 68.3 cm³/mol. The van der Waals surface area contributed by atoms with Crippen LogP contribution in [0.3, 0.4) is 0 Å². The minimum absolute atomic E-state index is 0.258. The highest BCUT2D eigenvalue weighted by atomic mass is 35.5. The fourth-order valence-electron chi connectivity index (χ4n) is 1.98. The van der Waals surface area contributed by atoms with Crippen molar-refractivity contribution in [3.8, 4) is 0 Å². The van der Waals surface area contributed by atoms with Crippen LogP contribution in [0.4, 0.5) is 0 Å². The van der Waals surface area contributed by atoms with E-state index in [4.69, 9.17) is 11.6 Å². The molecule has 0 aromatic heterocycles. The zero-order valence-corrected chi connectivity index (χ0v) is 11.5. The van der Waals surface area contributed by atoms with Crippen molar-refractivity contribution in [2.75, 3.05) is 12.3 Å². The van der Waals surface area contributed by atoms with Crippen LogP contribution >= 0.6 is 11.6 Å². The highest BCUT2D eigenvalue weighted by Crippen LogP contribution is 2.27. The Hall–Kier alpha value is 0.200. The molecule has 1 aliphatic carbocycles. The van der Waals surface area contributed by atoms with E-state index in [9.17, 15) is 8.42 Å². The van der Waals surface area contributed by atoms with Crippen LogP contribution in [-0.2, 0) is 10.0 Å². The molecular formula is C11H22ClNO2S. The van der Waals surface area contributed by atoms with Crippen molar-refractivity contribution in [3.05, 3.63) is 0 Å². The molecule has 0 aromatic rings. The normalized spacial score (nSPS) is 26.9. The second-order valence-corrected chi connectivity index (χ2v) is 7.18. The lowest BCUT2D eigenvalue weighted by Gasteiger charge is -2.24.